The van der Waals surface area contributed by atoms with E-state index in [0.29, 0.717) is 30.7 Å². The van der Waals surface area contributed by atoms with Crippen molar-refractivity contribution in [2.24, 2.45) is 10.9 Å². The van der Waals surface area contributed by atoms with Crippen LogP contribution in [-0.4, -0.2) is 41.8 Å². The number of aryl methyl sites for hydroxylation is 1. The summed E-state index contributed by atoms with van der Waals surface area (Å²) in [6.45, 7) is 8.48. The van der Waals surface area contributed by atoms with Crippen molar-refractivity contribution in [3.05, 3.63) is 11.8 Å². The number of anilines is 1. The van der Waals surface area contributed by atoms with Crippen LogP contribution >= 0.6 is 0 Å². The molecule has 22 heavy (non-hydrogen) atoms. The lowest BCUT2D eigenvalue weighted by Crippen LogP contribution is -2.40. The lowest BCUT2D eigenvalue weighted by molar-refractivity contribution is -0.118. The Morgan fingerprint density at radius 3 is 2.77 bits per heavy atom. The molecule has 0 radical (unpaired) electrons. The SMILES string of the molecule is CCC(C)CC(=O)/N=C(\Nc1cc(C)[nH]n1)NC(C)COC. The van der Waals surface area contributed by atoms with E-state index in [2.05, 4.69) is 32.7 Å². The van der Waals surface area contributed by atoms with E-state index in [4.69, 9.17) is 4.74 Å². The van der Waals surface area contributed by atoms with Gasteiger partial charge in [0.25, 0.3) is 0 Å². The predicted molar refractivity (Wildman–Crippen MR) is 87.9 cm³/mol. The number of carbonyl (C=O) groups is 1. The van der Waals surface area contributed by atoms with Crippen LogP contribution in [0, 0.1) is 12.8 Å². The molecule has 0 fully saturated rings. The van der Waals surface area contributed by atoms with Crippen molar-refractivity contribution in [1.29, 1.82) is 0 Å². The Morgan fingerprint density at radius 1 is 1.50 bits per heavy atom. The van der Waals surface area contributed by atoms with Crippen molar-refractivity contribution in [1.82, 2.24) is 15.5 Å². The van der Waals surface area contributed by atoms with Gasteiger partial charge in [-0.3, -0.25) is 9.89 Å². The fourth-order valence-corrected chi connectivity index (χ4v) is 1.84. The molecular formula is C15H27N5O2. The van der Waals surface area contributed by atoms with E-state index in [0.717, 1.165) is 12.1 Å². The standard InChI is InChI=1S/C15H27N5O2/c1-6-10(2)7-14(21)18-15(16-12(4)9-22-5)17-13-8-11(3)19-20-13/h8,10,12H,6-7,9H2,1-5H3,(H3,16,17,18,19,20,21). The number of methoxy groups -OCH3 is 1. The molecule has 1 rings (SSSR count). The van der Waals surface area contributed by atoms with E-state index in [1.54, 1.807) is 7.11 Å². The summed E-state index contributed by atoms with van der Waals surface area (Å²) in [4.78, 5) is 16.2. The third-order valence-corrected chi connectivity index (χ3v) is 3.21. The van der Waals surface area contributed by atoms with Gasteiger partial charge >= 0.3 is 0 Å². The molecule has 1 aromatic heterocycles. The summed E-state index contributed by atoms with van der Waals surface area (Å²) < 4.78 is 5.09. The molecule has 0 aliphatic rings. The molecule has 124 valence electrons. The zero-order chi connectivity index (χ0) is 16.5. The zero-order valence-electron chi connectivity index (χ0n) is 14.1. The minimum atomic E-state index is -0.152. The number of nitrogens with one attached hydrogen (secondary N) is 3. The quantitative estimate of drug-likeness (QED) is 0.530. The second kappa shape index (κ2) is 9.19. The molecule has 0 bridgehead atoms. The number of hydrogen-bond donors (Lipinski definition) is 3. The third-order valence-electron chi connectivity index (χ3n) is 3.21. The molecule has 7 nitrogen and oxygen atoms in total. The summed E-state index contributed by atoms with van der Waals surface area (Å²) in [5.41, 5.74) is 0.928. The van der Waals surface area contributed by atoms with E-state index >= 15 is 0 Å². The number of rotatable bonds is 7. The van der Waals surface area contributed by atoms with Gasteiger partial charge in [-0.1, -0.05) is 20.3 Å². The van der Waals surface area contributed by atoms with Crippen molar-refractivity contribution in [3.8, 4) is 0 Å². The number of carbonyl (C=O) groups excluding carboxylic acids is 1. The van der Waals surface area contributed by atoms with Gasteiger partial charge in [-0.25, -0.2) is 0 Å². The van der Waals surface area contributed by atoms with Gasteiger partial charge in [0.2, 0.25) is 11.9 Å². The summed E-state index contributed by atoms with van der Waals surface area (Å²) in [7, 11) is 1.63. The van der Waals surface area contributed by atoms with E-state index in [-0.39, 0.29) is 11.9 Å². The van der Waals surface area contributed by atoms with Crippen molar-refractivity contribution in [3.63, 3.8) is 0 Å². The van der Waals surface area contributed by atoms with E-state index in [1.165, 1.54) is 0 Å². The molecule has 0 spiro atoms. The molecular weight excluding hydrogens is 282 g/mol. The largest absolute Gasteiger partial charge is 0.383 e. The van der Waals surface area contributed by atoms with Crippen molar-refractivity contribution >= 4 is 17.7 Å². The summed E-state index contributed by atoms with van der Waals surface area (Å²) in [5, 5.41) is 13.1. The number of hydrogen-bond acceptors (Lipinski definition) is 3. The van der Waals surface area contributed by atoms with Crippen molar-refractivity contribution in [2.45, 2.75) is 46.6 Å². The molecule has 7 heteroatoms. The van der Waals surface area contributed by atoms with Crippen LogP contribution in [0.25, 0.3) is 0 Å². The molecule has 0 aliphatic carbocycles. The zero-order valence-corrected chi connectivity index (χ0v) is 14.1. The Hall–Kier alpha value is -1.89. The topological polar surface area (TPSA) is 91.4 Å². The minimum Gasteiger partial charge on any atom is -0.383 e. The van der Waals surface area contributed by atoms with Gasteiger partial charge in [0.1, 0.15) is 0 Å². The summed E-state index contributed by atoms with van der Waals surface area (Å²) >= 11 is 0. The van der Waals surface area contributed by atoms with Crippen LogP contribution in [0.3, 0.4) is 0 Å². The fraction of sp³-hybridized carbons (Fsp3) is 0.667. The first-order valence-electron chi connectivity index (χ1n) is 7.60. The predicted octanol–water partition coefficient (Wildman–Crippen LogP) is 2.07. The first-order chi connectivity index (χ1) is 10.4. The van der Waals surface area contributed by atoms with Gasteiger partial charge in [-0.2, -0.15) is 10.1 Å². The highest BCUT2D eigenvalue weighted by Gasteiger charge is 2.12. The molecule has 0 aliphatic heterocycles. The number of amides is 1. The monoisotopic (exact) mass is 309 g/mol. The highest BCUT2D eigenvalue weighted by molar-refractivity contribution is 6.00. The average Bonchev–Trinajstić information content (AvgIpc) is 2.83. The normalized spacial score (nSPS) is 14.5. The van der Waals surface area contributed by atoms with E-state index in [9.17, 15) is 4.79 Å². The summed E-state index contributed by atoms with van der Waals surface area (Å²) in [6.07, 6.45) is 1.39. The highest BCUT2D eigenvalue weighted by Crippen LogP contribution is 2.08. The average molecular weight is 309 g/mol. The maximum atomic E-state index is 12.0. The first kappa shape index (κ1) is 18.2. The van der Waals surface area contributed by atoms with Gasteiger partial charge < -0.3 is 15.4 Å². The number of aliphatic imine (C=N–C) groups is 1. The molecule has 2 unspecified atom stereocenters. The molecule has 1 aromatic rings. The van der Waals surface area contributed by atoms with Gasteiger partial charge in [-0.05, 0) is 19.8 Å². The lowest BCUT2D eigenvalue weighted by Gasteiger charge is -2.16. The Bertz CT molecular complexity index is 498. The van der Waals surface area contributed by atoms with Crippen LogP contribution in [0.15, 0.2) is 11.1 Å². The van der Waals surface area contributed by atoms with Crippen molar-refractivity contribution in [2.75, 3.05) is 19.0 Å². The lowest BCUT2D eigenvalue weighted by atomic mass is 10.1. The molecule has 1 heterocycles. The minimum absolute atomic E-state index is 0.0210. The molecule has 0 aromatic carbocycles. The fourth-order valence-electron chi connectivity index (χ4n) is 1.84. The van der Waals surface area contributed by atoms with E-state index < -0.39 is 0 Å². The maximum absolute atomic E-state index is 12.0. The number of guanidine groups is 1. The molecule has 2 atom stereocenters. The van der Waals surface area contributed by atoms with Gasteiger partial charge in [0.15, 0.2) is 5.82 Å². The number of H-pyrrole nitrogens is 1. The highest BCUT2D eigenvalue weighted by atomic mass is 16.5. The second-order valence-electron chi connectivity index (χ2n) is 5.63. The van der Waals surface area contributed by atoms with E-state index in [1.807, 2.05) is 26.8 Å². The van der Waals surface area contributed by atoms with Crippen LogP contribution < -0.4 is 10.6 Å². The molecule has 0 saturated heterocycles. The van der Waals surface area contributed by atoms with Gasteiger partial charge in [0.05, 0.1) is 6.61 Å². The smallest absolute Gasteiger partial charge is 0.249 e. The number of aromatic amines is 1. The second-order valence-corrected chi connectivity index (χ2v) is 5.63. The molecule has 0 saturated carbocycles. The molecule has 3 N–H and O–H groups in total. The van der Waals surface area contributed by atoms with Crippen LogP contribution in [0.4, 0.5) is 5.82 Å². The van der Waals surface area contributed by atoms with Crippen LogP contribution in [-0.2, 0) is 9.53 Å². The van der Waals surface area contributed by atoms with Gasteiger partial charge in [-0.15, -0.1) is 0 Å². The number of ether oxygens (including phenoxy) is 1. The number of aromatic nitrogens is 2. The maximum Gasteiger partial charge on any atom is 0.249 e. The number of nitrogens with zero attached hydrogens (tertiary/aromatic N) is 2. The Morgan fingerprint density at radius 2 is 2.23 bits per heavy atom. The third kappa shape index (κ3) is 6.71. The molecule has 1 amide bonds. The van der Waals surface area contributed by atoms with Gasteiger partial charge in [0, 0.05) is 31.3 Å². The summed E-state index contributed by atoms with van der Waals surface area (Å²) in [5.74, 6) is 1.18. The Balaban J connectivity index is 2.77. The first-order valence-corrected chi connectivity index (χ1v) is 7.60. The Labute approximate surface area is 131 Å². The van der Waals surface area contributed by atoms with Crippen LogP contribution in [0.2, 0.25) is 0 Å². The summed E-state index contributed by atoms with van der Waals surface area (Å²) in [6, 6.07) is 1.87. The Kier molecular flexibility index (Phi) is 7.59. The van der Waals surface area contributed by atoms with Crippen LogP contribution in [0.5, 0.6) is 0 Å². The van der Waals surface area contributed by atoms with Crippen molar-refractivity contribution < 1.29 is 9.53 Å². The van der Waals surface area contributed by atoms with Crippen LogP contribution in [0.1, 0.15) is 39.3 Å².